The highest BCUT2D eigenvalue weighted by atomic mass is 32.1. The molecule has 0 radical (unpaired) electrons. The number of carbonyl (C=O) groups is 3. The summed E-state index contributed by atoms with van der Waals surface area (Å²) in [6.07, 6.45) is 0. The molecule has 0 saturated carbocycles. The molecule has 0 spiro atoms. The fourth-order valence-electron chi connectivity index (χ4n) is 3.43. The monoisotopic (exact) mass is 460 g/mol. The Hall–Kier alpha value is -4.04. The van der Waals surface area contributed by atoms with E-state index in [0.29, 0.717) is 22.2 Å². The quantitative estimate of drug-likeness (QED) is 0.417. The first kappa shape index (κ1) is 22.2. The molecule has 0 fully saturated rings. The van der Waals surface area contributed by atoms with E-state index in [1.54, 1.807) is 17.4 Å². The second kappa shape index (κ2) is 9.22. The van der Waals surface area contributed by atoms with E-state index in [-0.39, 0.29) is 16.8 Å². The van der Waals surface area contributed by atoms with Crippen LogP contribution < -0.4 is 5.32 Å². The van der Waals surface area contributed by atoms with E-state index in [1.807, 2.05) is 43.3 Å². The molecule has 0 atom stereocenters. The summed E-state index contributed by atoms with van der Waals surface area (Å²) < 4.78 is 9.58. The SMILES string of the molecule is COC(=O)c1ccc(C(=O)OC)c(NC(=O)c2cc(-c3ccc(C)s3)nc3ccccc23)c1. The molecule has 0 aliphatic rings. The van der Waals surface area contributed by atoms with Crippen LogP contribution in [0.3, 0.4) is 0 Å². The molecule has 7 nitrogen and oxygen atoms in total. The lowest BCUT2D eigenvalue weighted by Crippen LogP contribution is -2.17. The van der Waals surface area contributed by atoms with E-state index in [9.17, 15) is 14.4 Å². The third kappa shape index (κ3) is 4.47. The molecule has 0 unspecified atom stereocenters. The zero-order valence-corrected chi connectivity index (χ0v) is 19.0. The number of benzene rings is 2. The van der Waals surface area contributed by atoms with Gasteiger partial charge in [-0.2, -0.15) is 0 Å². The number of nitrogens with zero attached hydrogens (tertiary/aromatic N) is 1. The summed E-state index contributed by atoms with van der Waals surface area (Å²) in [7, 11) is 2.50. The van der Waals surface area contributed by atoms with Gasteiger partial charge in [-0.3, -0.25) is 4.79 Å². The molecule has 2 aromatic carbocycles. The van der Waals surface area contributed by atoms with Crippen molar-refractivity contribution in [2.24, 2.45) is 0 Å². The second-order valence-electron chi connectivity index (χ2n) is 7.18. The summed E-state index contributed by atoms with van der Waals surface area (Å²) in [4.78, 5) is 44.5. The molecule has 2 heterocycles. The van der Waals surface area contributed by atoms with E-state index in [4.69, 9.17) is 14.5 Å². The first-order valence-electron chi connectivity index (χ1n) is 10.00. The number of fused-ring (bicyclic) bond motifs is 1. The van der Waals surface area contributed by atoms with Gasteiger partial charge in [0.15, 0.2) is 0 Å². The van der Waals surface area contributed by atoms with E-state index < -0.39 is 17.8 Å². The van der Waals surface area contributed by atoms with Crippen LogP contribution in [0.4, 0.5) is 5.69 Å². The predicted molar refractivity (Wildman–Crippen MR) is 127 cm³/mol. The van der Waals surface area contributed by atoms with Gasteiger partial charge in [-0.05, 0) is 49.4 Å². The Bertz CT molecular complexity index is 1390. The largest absolute Gasteiger partial charge is 0.465 e. The van der Waals surface area contributed by atoms with Gasteiger partial charge in [0.25, 0.3) is 5.91 Å². The van der Waals surface area contributed by atoms with Crippen LogP contribution in [0.25, 0.3) is 21.5 Å². The number of rotatable bonds is 5. The normalized spacial score (nSPS) is 10.6. The van der Waals surface area contributed by atoms with Gasteiger partial charge >= 0.3 is 11.9 Å². The van der Waals surface area contributed by atoms with Crippen molar-refractivity contribution >= 4 is 45.8 Å². The third-order valence-corrected chi connectivity index (χ3v) is 6.07. The number of esters is 2. The van der Waals surface area contributed by atoms with E-state index >= 15 is 0 Å². The summed E-state index contributed by atoms with van der Waals surface area (Å²) in [6, 6.07) is 17.3. The number of nitrogens with one attached hydrogen (secondary N) is 1. The molecule has 4 rings (SSSR count). The number of hydrogen-bond donors (Lipinski definition) is 1. The predicted octanol–water partition coefficient (Wildman–Crippen LogP) is 5.10. The highest BCUT2D eigenvalue weighted by molar-refractivity contribution is 7.15. The summed E-state index contributed by atoms with van der Waals surface area (Å²) in [5.41, 5.74) is 2.18. The van der Waals surface area contributed by atoms with E-state index in [0.717, 1.165) is 9.75 Å². The Balaban J connectivity index is 1.81. The number of anilines is 1. The summed E-state index contributed by atoms with van der Waals surface area (Å²) in [5.74, 6) is -1.68. The van der Waals surface area contributed by atoms with Gasteiger partial charge in [-0.1, -0.05) is 18.2 Å². The first-order chi connectivity index (χ1) is 15.9. The number of pyridine rings is 1. The Morgan fingerprint density at radius 2 is 1.64 bits per heavy atom. The fraction of sp³-hybridized carbons (Fsp3) is 0.120. The van der Waals surface area contributed by atoms with Crippen molar-refractivity contribution in [1.29, 1.82) is 0 Å². The van der Waals surface area contributed by atoms with Crippen molar-refractivity contribution in [2.75, 3.05) is 19.5 Å². The second-order valence-corrected chi connectivity index (χ2v) is 8.47. The molecule has 0 aliphatic heterocycles. The molecular weight excluding hydrogens is 440 g/mol. The molecule has 1 amide bonds. The number of aryl methyl sites for hydroxylation is 1. The van der Waals surface area contributed by atoms with Gasteiger partial charge in [-0.15, -0.1) is 11.3 Å². The van der Waals surface area contributed by atoms with Crippen LogP contribution in [0.15, 0.2) is 60.7 Å². The van der Waals surface area contributed by atoms with Crippen LogP contribution >= 0.6 is 11.3 Å². The molecule has 0 bridgehead atoms. The number of para-hydroxylation sites is 1. The number of amides is 1. The van der Waals surface area contributed by atoms with Crippen LogP contribution in [0.1, 0.15) is 36.0 Å². The van der Waals surface area contributed by atoms with Crippen molar-refractivity contribution in [3.63, 3.8) is 0 Å². The lowest BCUT2D eigenvalue weighted by molar-refractivity contribution is 0.0587. The van der Waals surface area contributed by atoms with Crippen LogP contribution in [0, 0.1) is 6.92 Å². The molecule has 2 aromatic heterocycles. The molecule has 0 aliphatic carbocycles. The number of aromatic nitrogens is 1. The van der Waals surface area contributed by atoms with Crippen LogP contribution in [0.2, 0.25) is 0 Å². The molecular formula is C25H20N2O5S. The van der Waals surface area contributed by atoms with Crippen molar-refractivity contribution < 1.29 is 23.9 Å². The van der Waals surface area contributed by atoms with Crippen molar-refractivity contribution in [2.45, 2.75) is 6.92 Å². The standard InChI is InChI=1S/C25H20N2O5S/c1-14-8-11-22(33-14)21-13-18(16-6-4-5-7-19(16)26-21)23(28)27-20-12-15(24(29)31-2)9-10-17(20)25(30)32-3/h4-13H,1-3H3,(H,27,28). The Morgan fingerprint density at radius 1 is 0.879 bits per heavy atom. The van der Waals surface area contributed by atoms with Crippen molar-refractivity contribution in [1.82, 2.24) is 4.98 Å². The molecule has 8 heteroatoms. The zero-order chi connectivity index (χ0) is 23.5. The Morgan fingerprint density at radius 3 is 2.33 bits per heavy atom. The third-order valence-electron chi connectivity index (χ3n) is 5.05. The average molecular weight is 461 g/mol. The van der Waals surface area contributed by atoms with Crippen molar-refractivity contribution in [3.05, 3.63) is 82.2 Å². The van der Waals surface area contributed by atoms with E-state index in [2.05, 4.69) is 5.32 Å². The van der Waals surface area contributed by atoms with Gasteiger partial charge in [0, 0.05) is 10.3 Å². The minimum atomic E-state index is -0.643. The molecule has 33 heavy (non-hydrogen) atoms. The topological polar surface area (TPSA) is 94.6 Å². The molecule has 0 saturated heterocycles. The number of carbonyl (C=O) groups excluding carboxylic acids is 3. The number of hydrogen-bond acceptors (Lipinski definition) is 7. The zero-order valence-electron chi connectivity index (χ0n) is 18.2. The smallest absolute Gasteiger partial charge is 0.339 e. The highest BCUT2D eigenvalue weighted by Crippen LogP contribution is 2.30. The fourth-order valence-corrected chi connectivity index (χ4v) is 4.26. The van der Waals surface area contributed by atoms with Gasteiger partial charge in [0.1, 0.15) is 0 Å². The molecule has 1 N–H and O–H groups in total. The van der Waals surface area contributed by atoms with Gasteiger partial charge < -0.3 is 14.8 Å². The molecule has 4 aromatic rings. The summed E-state index contributed by atoms with van der Waals surface area (Å²) in [5, 5.41) is 3.43. The van der Waals surface area contributed by atoms with Gasteiger partial charge in [0.05, 0.1) is 52.7 Å². The van der Waals surface area contributed by atoms with E-state index in [1.165, 1.54) is 32.4 Å². The molecule has 166 valence electrons. The van der Waals surface area contributed by atoms with Gasteiger partial charge in [-0.25, -0.2) is 14.6 Å². The van der Waals surface area contributed by atoms with Gasteiger partial charge in [0.2, 0.25) is 0 Å². The Kier molecular flexibility index (Phi) is 6.19. The number of thiophene rings is 1. The van der Waals surface area contributed by atoms with Crippen molar-refractivity contribution in [3.8, 4) is 10.6 Å². The van der Waals surface area contributed by atoms with Crippen LogP contribution in [0.5, 0.6) is 0 Å². The minimum absolute atomic E-state index is 0.117. The maximum atomic E-state index is 13.4. The lowest BCUT2D eigenvalue weighted by Gasteiger charge is -2.13. The highest BCUT2D eigenvalue weighted by Gasteiger charge is 2.20. The van der Waals surface area contributed by atoms with Crippen LogP contribution in [-0.4, -0.2) is 37.0 Å². The number of ether oxygens (including phenoxy) is 2. The Labute approximate surface area is 194 Å². The summed E-state index contributed by atoms with van der Waals surface area (Å²) >= 11 is 1.58. The summed E-state index contributed by atoms with van der Waals surface area (Å²) in [6.45, 7) is 2.01. The first-order valence-corrected chi connectivity index (χ1v) is 10.8. The lowest BCUT2D eigenvalue weighted by atomic mass is 10.0. The maximum Gasteiger partial charge on any atom is 0.339 e. The van der Waals surface area contributed by atoms with Crippen LogP contribution in [-0.2, 0) is 9.47 Å². The maximum absolute atomic E-state index is 13.4. The average Bonchev–Trinajstić information content (AvgIpc) is 3.28. The minimum Gasteiger partial charge on any atom is -0.465 e. The number of methoxy groups -OCH3 is 2.